The highest BCUT2D eigenvalue weighted by Crippen LogP contribution is 2.60. The monoisotopic (exact) mass is 497 g/mol. The van der Waals surface area contributed by atoms with Crippen molar-refractivity contribution in [3.8, 4) is 0 Å². The Balaban J connectivity index is 1.14. The smallest absolute Gasteiger partial charge is 0.320 e. The molecular weight excluding hydrogens is 472 g/mol. The number of piperidine rings is 1. The van der Waals surface area contributed by atoms with Crippen LogP contribution in [-0.4, -0.2) is 41.8 Å². The molecule has 0 radical (unpaired) electrons. The Kier molecular flexibility index (Phi) is 6.29. The van der Waals surface area contributed by atoms with E-state index < -0.39 is 17.5 Å². The number of nitrogens with zero attached hydrogens (tertiary/aromatic N) is 3. The number of esters is 1. The minimum Gasteiger partial charge on any atom is -0.466 e. The van der Waals surface area contributed by atoms with E-state index in [0.29, 0.717) is 12.3 Å². The molecule has 188 valence electrons. The van der Waals surface area contributed by atoms with Crippen LogP contribution in [-0.2, 0) is 9.53 Å². The lowest BCUT2D eigenvalue weighted by Crippen LogP contribution is -2.35. The summed E-state index contributed by atoms with van der Waals surface area (Å²) < 4.78 is 36.9. The predicted molar refractivity (Wildman–Crippen MR) is 127 cm³/mol. The molecule has 1 amide bonds. The molecule has 5 rings (SSSR count). The fraction of sp³-hybridized carbons (Fsp3) is 0.360. The maximum Gasteiger partial charge on any atom is 0.320 e. The first-order valence-electron chi connectivity index (χ1n) is 11.8. The zero-order valence-electron chi connectivity index (χ0n) is 19.6. The first-order chi connectivity index (χ1) is 17.4. The van der Waals surface area contributed by atoms with Crippen molar-refractivity contribution in [3.05, 3.63) is 60.0 Å². The molecule has 1 aliphatic heterocycles. The zero-order valence-corrected chi connectivity index (χ0v) is 19.6. The SMILES string of the molecule is CCOC(=O)C1CC12CCN(c1ccc(NC(=O)c3nnc(Nc4ccc(F)c(F)c4)o3)cc1)CC2. The number of hydrogen-bond donors (Lipinski definition) is 2. The van der Waals surface area contributed by atoms with Gasteiger partial charge in [0, 0.05) is 36.2 Å². The molecule has 11 heteroatoms. The Hall–Kier alpha value is -4.02. The van der Waals surface area contributed by atoms with Gasteiger partial charge < -0.3 is 24.7 Å². The Morgan fingerprint density at radius 1 is 1.08 bits per heavy atom. The van der Waals surface area contributed by atoms with Gasteiger partial charge in [-0.15, -0.1) is 5.10 Å². The standard InChI is InChI=1S/C25H25F2N5O4/c1-2-35-23(34)18-14-25(18)9-11-32(12-10-25)17-6-3-15(4-7-17)28-21(33)22-30-31-24(36-22)29-16-5-8-19(26)20(27)13-16/h3-8,13,18H,2,9-12,14H2,1H3,(H,28,33)(H,29,31). The molecule has 2 aliphatic rings. The summed E-state index contributed by atoms with van der Waals surface area (Å²) >= 11 is 0. The van der Waals surface area contributed by atoms with Crippen LogP contribution in [0.2, 0.25) is 0 Å². The number of carbonyl (C=O) groups excluding carboxylic acids is 2. The van der Waals surface area contributed by atoms with Crippen LogP contribution >= 0.6 is 0 Å². The highest BCUT2D eigenvalue weighted by atomic mass is 19.2. The van der Waals surface area contributed by atoms with E-state index >= 15 is 0 Å². The number of aromatic nitrogens is 2. The Morgan fingerprint density at radius 3 is 2.50 bits per heavy atom. The predicted octanol–water partition coefficient (Wildman–Crippen LogP) is 4.51. The third-order valence-electron chi connectivity index (χ3n) is 6.80. The maximum atomic E-state index is 13.3. The highest BCUT2D eigenvalue weighted by molar-refractivity contribution is 6.01. The average molecular weight is 498 g/mol. The van der Waals surface area contributed by atoms with Gasteiger partial charge in [0.05, 0.1) is 12.5 Å². The number of benzene rings is 2. The summed E-state index contributed by atoms with van der Waals surface area (Å²) in [5.41, 5.74) is 1.88. The third kappa shape index (κ3) is 4.86. The van der Waals surface area contributed by atoms with Crippen molar-refractivity contribution in [2.75, 3.05) is 35.2 Å². The molecule has 3 aromatic rings. The molecule has 1 saturated heterocycles. The van der Waals surface area contributed by atoms with E-state index in [9.17, 15) is 18.4 Å². The Bertz CT molecular complexity index is 1270. The molecule has 0 bridgehead atoms. The van der Waals surface area contributed by atoms with Crippen LogP contribution < -0.4 is 15.5 Å². The molecule has 1 atom stereocenters. The number of nitrogens with one attached hydrogen (secondary N) is 2. The molecule has 1 aliphatic carbocycles. The molecule has 1 unspecified atom stereocenters. The van der Waals surface area contributed by atoms with Gasteiger partial charge in [0.15, 0.2) is 11.6 Å². The lowest BCUT2D eigenvalue weighted by Gasteiger charge is -2.34. The van der Waals surface area contributed by atoms with Crippen molar-refractivity contribution in [2.45, 2.75) is 26.2 Å². The van der Waals surface area contributed by atoms with Gasteiger partial charge in [0.2, 0.25) is 0 Å². The first-order valence-corrected chi connectivity index (χ1v) is 11.8. The second-order valence-corrected chi connectivity index (χ2v) is 9.03. The van der Waals surface area contributed by atoms with Crippen LogP contribution in [0.4, 0.5) is 31.9 Å². The van der Waals surface area contributed by atoms with Gasteiger partial charge in [0.1, 0.15) is 0 Å². The largest absolute Gasteiger partial charge is 0.466 e. The lowest BCUT2D eigenvalue weighted by molar-refractivity contribution is -0.145. The van der Waals surface area contributed by atoms with Crippen LogP contribution in [0, 0.1) is 23.0 Å². The minimum atomic E-state index is -1.03. The number of halogens is 2. The summed E-state index contributed by atoms with van der Waals surface area (Å²) in [6.07, 6.45) is 2.82. The molecule has 2 heterocycles. The van der Waals surface area contributed by atoms with Crippen molar-refractivity contribution in [2.24, 2.45) is 11.3 Å². The number of carbonyl (C=O) groups is 2. The van der Waals surface area contributed by atoms with Crippen LogP contribution in [0.1, 0.15) is 36.9 Å². The number of ether oxygens (including phenoxy) is 1. The molecular formula is C25H25F2N5O4. The number of amides is 1. The van der Waals surface area contributed by atoms with Gasteiger partial charge in [-0.25, -0.2) is 8.78 Å². The molecule has 2 N–H and O–H groups in total. The van der Waals surface area contributed by atoms with E-state index in [1.807, 2.05) is 19.1 Å². The van der Waals surface area contributed by atoms with E-state index in [2.05, 4.69) is 25.7 Å². The number of hydrogen-bond acceptors (Lipinski definition) is 8. The van der Waals surface area contributed by atoms with Gasteiger partial charge in [-0.2, -0.15) is 0 Å². The highest BCUT2D eigenvalue weighted by Gasteiger charge is 2.59. The average Bonchev–Trinajstić information content (AvgIpc) is 3.36. The number of anilines is 4. The summed E-state index contributed by atoms with van der Waals surface area (Å²) in [5, 5.41) is 12.7. The van der Waals surface area contributed by atoms with Gasteiger partial charge in [-0.05, 0) is 68.0 Å². The zero-order chi connectivity index (χ0) is 25.3. The van der Waals surface area contributed by atoms with Crippen molar-refractivity contribution in [1.82, 2.24) is 10.2 Å². The van der Waals surface area contributed by atoms with Crippen LogP contribution in [0.25, 0.3) is 0 Å². The molecule has 36 heavy (non-hydrogen) atoms. The quantitative estimate of drug-likeness (QED) is 0.459. The van der Waals surface area contributed by atoms with Crippen LogP contribution in [0.15, 0.2) is 46.9 Å². The van der Waals surface area contributed by atoms with E-state index in [1.54, 1.807) is 12.1 Å². The van der Waals surface area contributed by atoms with Gasteiger partial charge in [0.25, 0.3) is 0 Å². The van der Waals surface area contributed by atoms with E-state index in [-0.39, 0.29) is 34.9 Å². The summed E-state index contributed by atoms with van der Waals surface area (Å²) in [6, 6.07) is 10.5. The van der Waals surface area contributed by atoms with Crippen LogP contribution in [0.3, 0.4) is 0 Å². The van der Waals surface area contributed by atoms with Crippen molar-refractivity contribution < 1.29 is 27.5 Å². The molecule has 1 saturated carbocycles. The normalized spacial score (nSPS) is 18.1. The molecule has 1 aromatic heterocycles. The van der Waals surface area contributed by atoms with Crippen molar-refractivity contribution in [1.29, 1.82) is 0 Å². The summed E-state index contributed by atoms with van der Waals surface area (Å²) in [7, 11) is 0. The second-order valence-electron chi connectivity index (χ2n) is 9.03. The number of rotatable bonds is 7. The van der Waals surface area contributed by atoms with Crippen molar-refractivity contribution >= 4 is 35.0 Å². The molecule has 1 spiro atoms. The Labute approximate surface area is 205 Å². The summed E-state index contributed by atoms with van der Waals surface area (Å²) in [6.45, 7) is 3.97. The van der Waals surface area contributed by atoms with Gasteiger partial charge in [-0.1, -0.05) is 5.10 Å². The van der Waals surface area contributed by atoms with E-state index in [4.69, 9.17) is 9.15 Å². The van der Waals surface area contributed by atoms with Crippen molar-refractivity contribution in [3.63, 3.8) is 0 Å². The molecule has 2 fully saturated rings. The first kappa shape index (κ1) is 23.7. The van der Waals surface area contributed by atoms with Gasteiger partial charge in [-0.3, -0.25) is 9.59 Å². The molecule has 9 nitrogen and oxygen atoms in total. The maximum absolute atomic E-state index is 13.3. The second kappa shape index (κ2) is 9.56. The third-order valence-corrected chi connectivity index (χ3v) is 6.80. The fourth-order valence-corrected chi connectivity index (χ4v) is 4.69. The minimum absolute atomic E-state index is 0.0365. The topological polar surface area (TPSA) is 110 Å². The van der Waals surface area contributed by atoms with Crippen LogP contribution in [0.5, 0.6) is 0 Å². The van der Waals surface area contributed by atoms with E-state index in [1.165, 1.54) is 6.07 Å². The fourth-order valence-electron chi connectivity index (χ4n) is 4.69. The summed E-state index contributed by atoms with van der Waals surface area (Å²) in [5.74, 6) is -2.93. The van der Waals surface area contributed by atoms with E-state index in [0.717, 1.165) is 50.2 Å². The molecule has 2 aromatic carbocycles. The summed E-state index contributed by atoms with van der Waals surface area (Å²) in [4.78, 5) is 26.8. The lowest BCUT2D eigenvalue weighted by atomic mass is 9.90. The Morgan fingerprint density at radius 2 is 1.81 bits per heavy atom. The van der Waals surface area contributed by atoms with Gasteiger partial charge >= 0.3 is 23.8 Å².